The van der Waals surface area contributed by atoms with Crippen LogP contribution in [0.5, 0.6) is 0 Å². The van der Waals surface area contributed by atoms with E-state index in [0.29, 0.717) is 25.1 Å². The Bertz CT molecular complexity index is 677. The fraction of sp³-hybridized carbons (Fsp3) is 0.300. The first kappa shape index (κ1) is 16.2. The van der Waals surface area contributed by atoms with Gasteiger partial charge in [0.15, 0.2) is 0 Å². The van der Waals surface area contributed by atoms with Gasteiger partial charge in [0, 0.05) is 24.7 Å². The van der Waals surface area contributed by atoms with Gasteiger partial charge in [-0.15, -0.1) is 0 Å². The molecule has 0 radical (unpaired) electrons. The molecule has 3 rings (SSSR count). The van der Waals surface area contributed by atoms with E-state index in [1.54, 1.807) is 0 Å². The molecule has 1 aliphatic rings. The van der Waals surface area contributed by atoms with E-state index >= 15 is 0 Å². The van der Waals surface area contributed by atoms with Crippen molar-refractivity contribution < 1.29 is 9.59 Å². The topological polar surface area (TPSA) is 49.4 Å². The molecule has 1 saturated heterocycles. The van der Waals surface area contributed by atoms with Crippen LogP contribution in [0.3, 0.4) is 0 Å². The van der Waals surface area contributed by atoms with Crippen LogP contribution in [0, 0.1) is 0 Å². The molecule has 0 aromatic heterocycles. The molecule has 24 heavy (non-hydrogen) atoms. The highest BCUT2D eigenvalue weighted by Crippen LogP contribution is 2.13. The number of amides is 2. The maximum absolute atomic E-state index is 12.4. The molecule has 1 N–H and O–H groups in total. The average molecular weight is 322 g/mol. The number of likely N-dealkylation sites (tertiary alicyclic amines) is 1. The number of hydrogen-bond donors (Lipinski definition) is 1. The number of nitrogens with zero attached hydrogens (tertiary/aromatic N) is 1. The Morgan fingerprint density at radius 3 is 2.12 bits per heavy atom. The van der Waals surface area contributed by atoms with E-state index < -0.39 is 0 Å². The van der Waals surface area contributed by atoms with Crippen molar-refractivity contribution in [1.82, 2.24) is 10.2 Å². The first-order chi connectivity index (χ1) is 11.7. The van der Waals surface area contributed by atoms with Crippen LogP contribution in [-0.4, -0.2) is 35.8 Å². The lowest BCUT2D eigenvalue weighted by Gasteiger charge is -2.32. The average Bonchev–Trinajstić information content (AvgIpc) is 2.64. The zero-order valence-corrected chi connectivity index (χ0v) is 13.7. The normalized spacial score (nSPS) is 15.1. The fourth-order valence-electron chi connectivity index (χ4n) is 3.01. The minimum absolute atomic E-state index is 0.0373. The van der Waals surface area contributed by atoms with Gasteiger partial charge >= 0.3 is 0 Å². The predicted octanol–water partition coefficient (Wildman–Crippen LogP) is 2.65. The Balaban J connectivity index is 1.47. The van der Waals surface area contributed by atoms with Gasteiger partial charge in [0.1, 0.15) is 0 Å². The lowest BCUT2D eigenvalue weighted by molar-refractivity contribution is -0.131. The summed E-state index contributed by atoms with van der Waals surface area (Å²) in [5, 5.41) is 3.07. The second-order valence-corrected chi connectivity index (χ2v) is 6.16. The van der Waals surface area contributed by atoms with Crippen LogP contribution in [0.15, 0.2) is 60.7 Å². The van der Waals surface area contributed by atoms with Crippen molar-refractivity contribution in [2.75, 3.05) is 13.1 Å². The van der Waals surface area contributed by atoms with Gasteiger partial charge in [-0.25, -0.2) is 0 Å². The van der Waals surface area contributed by atoms with E-state index in [1.165, 1.54) is 0 Å². The highest BCUT2D eigenvalue weighted by atomic mass is 16.2. The first-order valence-electron chi connectivity index (χ1n) is 8.40. The SMILES string of the molecule is O=C(NC1CCN(C(=O)Cc2ccccc2)CC1)c1ccccc1. The quantitative estimate of drug-likeness (QED) is 0.941. The summed E-state index contributed by atoms with van der Waals surface area (Å²) in [5.41, 5.74) is 1.72. The fourth-order valence-corrected chi connectivity index (χ4v) is 3.01. The highest BCUT2D eigenvalue weighted by Gasteiger charge is 2.24. The van der Waals surface area contributed by atoms with E-state index in [4.69, 9.17) is 0 Å². The minimum Gasteiger partial charge on any atom is -0.349 e. The molecule has 0 aliphatic carbocycles. The standard InChI is InChI=1S/C20H22N2O2/c23-19(15-16-7-3-1-4-8-16)22-13-11-18(12-14-22)21-20(24)17-9-5-2-6-10-17/h1-10,18H,11-15H2,(H,21,24). The number of piperidine rings is 1. The Kier molecular flexibility index (Phi) is 5.26. The van der Waals surface area contributed by atoms with Gasteiger partial charge in [-0.3, -0.25) is 9.59 Å². The van der Waals surface area contributed by atoms with Crippen molar-refractivity contribution in [3.8, 4) is 0 Å². The van der Waals surface area contributed by atoms with Crippen molar-refractivity contribution in [2.24, 2.45) is 0 Å². The molecule has 2 amide bonds. The summed E-state index contributed by atoms with van der Waals surface area (Å²) < 4.78 is 0. The molecule has 0 unspecified atom stereocenters. The molecule has 0 bridgehead atoms. The number of carbonyl (C=O) groups excluding carboxylic acids is 2. The number of carbonyl (C=O) groups is 2. The molecule has 1 aliphatic heterocycles. The van der Waals surface area contributed by atoms with E-state index in [1.807, 2.05) is 65.6 Å². The Hall–Kier alpha value is -2.62. The molecular weight excluding hydrogens is 300 g/mol. The molecule has 4 heteroatoms. The molecule has 124 valence electrons. The van der Waals surface area contributed by atoms with Crippen molar-refractivity contribution in [1.29, 1.82) is 0 Å². The number of rotatable bonds is 4. The van der Waals surface area contributed by atoms with Gasteiger partial charge in [0.25, 0.3) is 5.91 Å². The lowest BCUT2D eigenvalue weighted by Crippen LogP contribution is -2.46. The smallest absolute Gasteiger partial charge is 0.251 e. The molecule has 4 nitrogen and oxygen atoms in total. The minimum atomic E-state index is -0.0373. The largest absolute Gasteiger partial charge is 0.349 e. The predicted molar refractivity (Wildman–Crippen MR) is 93.7 cm³/mol. The van der Waals surface area contributed by atoms with Crippen LogP contribution in [0.1, 0.15) is 28.8 Å². The molecule has 0 atom stereocenters. The highest BCUT2D eigenvalue weighted by molar-refractivity contribution is 5.94. The molecule has 0 saturated carbocycles. The Labute approximate surface area is 142 Å². The second kappa shape index (κ2) is 7.77. The summed E-state index contributed by atoms with van der Waals surface area (Å²) >= 11 is 0. The van der Waals surface area contributed by atoms with Gasteiger partial charge in [-0.2, -0.15) is 0 Å². The van der Waals surface area contributed by atoms with Gasteiger partial charge in [-0.05, 0) is 30.5 Å². The van der Waals surface area contributed by atoms with Crippen molar-refractivity contribution in [3.63, 3.8) is 0 Å². The lowest BCUT2D eigenvalue weighted by atomic mass is 10.0. The van der Waals surface area contributed by atoms with Crippen LogP contribution >= 0.6 is 0 Å². The summed E-state index contributed by atoms with van der Waals surface area (Å²) in [4.78, 5) is 26.4. The van der Waals surface area contributed by atoms with Crippen LogP contribution in [0.4, 0.5) is 0 Å². The zero-order chi connectivity index (χ0) is 16.8. The van der Waals surface area contributed by atoms with Gasteiger partial charge in [0.05, 0.1) is 6.42 Å². The number of nitrogens with one attached hydrogen (secondary N) is 1. The van der Waals surface area contributed by atoms with E-state index in [2.05, 4.69) is 5.32 Å². The van der Waals surface area contributed by atoms with E-state index in [9.17, 15) is 9.59 Å². The molecule has 1 heterocycles. The summed E-state index contributed by atoms with van der Waals surface area (Å²) in [6, 6.07) is 19.2. The monoisotopic (exact) mass is 322 g/mol. The third-order valence-electron chi connectivity index (χ3n) is 4.42. The summed E-state index contributed by atoms with van der Waals surface area (Å²) in [6.07, 6.45) is 2.06. The van der Waals surface area contributed by atoms with Crippen molar-refractivity contribution >= 4 is 11.8 Å². The van der Waals surface area contributed by atoms with Gasteiger partial charge in [-0.1, -0.05) is 48.5 Å². The van der Waals surface area contributed by atoms with Crippen molar-refractivity contribution in [3.05, 3.63) is 71.8 Å². The Morgan fingerprint density at radius 1 is 0.917 bits per heavy atom. The van der Waals surface area contributed by atoms with Crippen LogP contribution in [0.25, 0.3) is 0 Å². The summed E-state index contributed by atoms with van der Waals surface area (Å²) in [6.45, 7) is 1.40. The van der Waals surface area contributed by atoms with Gasteiger partial charge < -0.3 is 10.2 Å². The van der Waals surface area contributed by atoms with E-state index in [0.717, 1.165) is 18.4 Å². The van der Waals surface area contributed by atoms with Crippen LogP contribution in [-0.2, 0) is 11.2 Å². The zero-order valence-electron chi connectivity index (χ0n) is 13.7. The van der Waals surface area contributed by atoms with Crippen molar-refractivity contribution in [2.45, 2.75) is 25.3 Å². The number of benzene rings is 2. The first-order valence-corrected chi connectivity index (χ1v) is 8.40. The van der Waals surface area contributed by atoms with Gasteiger partial charge in [0.2, 0.25) is 5.91 Å². The molecule has 0 spiro atoms. The molecule has 1 fully saturated rings. The third kappa shape index (κ3) is 4.22. The van der Waals surface area contributed by atoms with Crippen LogP contribution < -0.4 is 5.32 Å². The van der Waals surface area contributed by atoms with Crippen LogP contribution in [0.2, 0.25) is 0 Å². The Morgan fingerprint density at radius 2 is 1.50 bits per heavy atom. The summed E-state index contributed by atoms with van der Waals surface area (Å²) in [5.74, 6) is 0.124. The maximum Gasteiger partial charge on any atom is 0.251 e. The third-order valence-corrected chi connectivity index (χ3v) is 4.42. The second-order valence-electron chi connectivity index (χ2n) is 6.16. The molecule has 2 aromatic rings. The number of hydrogen-bond acceptors (Lipinski definition) is 2. The molecular formula is C20H22N2O2. The van der Waals surface area contributed by atoms with E-state index in [-0.39, 0.29) is 17.9 Å². The summed E-state index contributed by atoms with van der Waals surface area (Å²) in [7, 11) is 0. The molecule has 2 aromatic carbocycles. The maximum atomic E-state index is 12.4.